The van der Waals surface area contributed by atoms with Crippen LogP contribution in [0.25, 0.3) is 0 Å². The summed E-state index contributed by atoms with van der Waals surface area (Å²) >= 11 is 0. The van der Waals surface area contributed by atoms with Gasteiger partial charge in [0.15, 0.2) is 5.96 Å². The molecular weight excluding hydrogens is 353 g/mol. The van der Waals surface area contributed by atoms with Gasteiger partial charge in [-0.25, -0.2) is 4.98 Å². The Morgan fingerprint density at radius 1 is 1.47 bits per heavy atom. The molecule has 19 heavy (non-hydrogen) atoms. The third-order valence-corrected chi connectivity index (χ3v) is 2.68. The molecule has 0 saturated heterocycles. The zero-order chi connectivity index (χ0) is 13.2. The third-order valence-electron chi connectivity index (χ3n) is 2.68. The summed E-state index contributed by atoms with van der Waals surface area (Å²) < 4.78 is 2.17. The van der Waals surface area contributed by atoms with E-state index < -0.39 is 0 Å². The summed E-state index contributed by atoms with van der Waals surface area (Å²) in [6.45, 7) is 8.36. The first-order chi connectivity index (χ1) is 8.77. The van der Waals surface area contributed by atoms with E-state index in [1.165, 1.54) is 0 Å². The molecular formula is C13H24IN5. The molecule has 0 radical (unpaired) electrons. The molecule has 0 aliphatic heterocycles. The van der Waals surface area contributed by atoms with Gasteiger partial charge < -0.3 is 15.2 Å². The number of nitrogens with zero attached hydrogens (tertiary/aromatic N) is 3. The molecule has 5 nitrogen and oxygen atoms in total. The second-order valence-corrected chi connectivity index (χ2v) is 4.04. The maximum absolute atomic E-state index is 4.20. The van der Waals surface area contributed by atoms with Crippen molar-refractivity contribution in [2.45, 2.75) is 26.3 Å². The molecule has 0 atom stereocenters. The fourth-order valence-corrected chi connectivity index (χ4v) is 1.64. The Hall–Kier alpha value is -1.05. The molecule has 0 aliphatic carbocycles. The van der Waals surface area contributed by atoms with E-state index in [4.69, 9.17) is 0 Å². The van der Waals surface area contributed by atoms with Crippen LogP contribution < -0.4 is 10.6 Å². The lowest BCUT2D eigenvalue weighted by atomic mass is 10.3. The summed E-state index contributed by atoms with van der Waals surface area (Å²) in [4.78, 5) is 8.32. The predicted molar refractivity (Wildman–Crippen MR) is 91.2 cm³/mol. The zero-order valence-electron chi connectivity index (χ0n) is 11.7. The number of guanidine groups is 1. The van der Waals surface area contributed by atoms with Crippen molar-refractivity contribution in [2.24, 2.45) is 4.99 Å². The first-order valence-electron chi connectivity index (χ1n) is 6.31. The quantitative estimate of drug-likeness (QED) is 0.251. The lowest BCUT2D eigenvalue weighted by Gasteiger charge is -2.10. The van der Waals surface area contributed by atoms with E-state index in [9.17, 15) is 0 Å². The fraction of sp³-hybridized carbons (Fsp3) is 0.538. The van der Waals surface area contributed by atoms with Gasteiger partial charge in [0.2, 0.25) is 0 Å². The van der Waals surface area contributed by atoms with E-state index in [1.807, 2.05) is 25.4 Å². The highest BCUT2D eigenvalue weighted by Gasteiger charge is 1.97. The lowest BCUT2D eigenvalue weighted by Crippen LogP contribution is -2.37. The SMILES string of the molecule is C=CCNC(=NC)NCCCCn1ccnc1C.I. The van der Waals surface area contributed by atoms with Gasteiger partial charge in [-0.15, -0.1) is 30.6 Å². The van der Waals surface area contributed by atoms with Gasteiger partial charge in [0, 0.05) is 39.1 Å². The van der Waals surface area contributed by atoms with Crippen LogP contribution in [0.15, 0.2) is 30.0 Å². The Labute approximate surface area is 132 Å². The van der Waals surface area contributed by atoms with Crippen LogP contribution in [0.3, 0.4) is 0 Å². The molecule has 1 aromatic heterocycles. The molecule has 0 aromatic carbocycles. The van der Waals surface area contributed by atoms with Crippen molar-refractivity contribution in [3.05, 3.63) is 30.9 Å². The standard InChI is InChI=1S/C13H23N5.HI/c1-4-7-16-13(14-3)17-8-5-6-10-18-11-9-15-12(18)2;/h4,9,11H,1,5-8,10H2,2-3H3,(H2,14,16,17);1H. The van der Waals surface area contributed by atoms with Crippen molar-refractivity contribution in [1.29, 1.82) is 0 Å². The van der Waals surface area contributed by atoms with Crippen LogP contribution in [-0.2, 0) is 6.54 Å². The van der Waals surface area contributed by atoms with Crippen LogP contribution in [0.4, 0.5) is 0 Å². The average Bonchev–Trinajstić information content (AvgIpc) is 2.78. The van der Waals surface area contributed by atoms with E-state index in [0.717, 1.165) is 44.3 Å². The highest BCUT2D eigenvalue weighted by atomic mass is 127. The van der Waals surface area contributed by atoms with E-state index in [0.29, 0.717) is 0 Å². The molecule has 6 heteroatoms. The molecule has 1 aromatic rings. The molecule has 0 saturated carbocycles. The highest BCUT2D eigenvalue weighted by molar-refractivity contribution is 14.0. The van der Waals surface area contributed by atoms with E-state index in [1.54, 1.807) is 7.05 Å². The van der Waals surface area contributed by atoms with Crippen LogP contribution in [-0.4, -0.2) is 35.6 Å². The Kier molecular flexibility index (Phi) is 10.2. The molecule has 0 fully saturated rings. The van der Waals surface area contributed by atoms with Crippen molar-refractivity contribution in [1.82, 2.24) is 20.2 Å². The van der Waals surface area contributed by atoms with Crippen molar-refractivity contribution in [3.63, 3.8) is 0 Å². The van der Waals surface area contributed by atoms with Gasteiger partial charge in [-0.1, -0.05) is 6.08 Å². The van der Waals surface area contributed by atoms with Crippen LogP contribution >= 0.6 is 24.0 Å². The van der Waals surface area contributed by atoms with Crippen molar-refractivity contribution < 1.29 is 0 Å². The predicted octanol–water partition coefficient (Wildman–Crippen LogP) is 1.94. The summed E-state index contributed by atoms with van der Waals surface area (Å²) in [6, 6.07) is 0. The minimum absolute atomic E-state index is 0. The summed E-state index contributed by atoms with van der Waals surface area (Å²) in [6.07, 6.45) is 7.91. The van der Waals surface area contributed by atoms with Crippen LogP contribution in [0.5, 0.6) is 0 Å². The molecule has 1 heterocycles. The Bertz CT molecular complexity index is 386. The molecule has 0 unspecified atom stereocenters. The number of hydrogen-bond donors (Lipinski definition) is 2. The number of aryl methyl sites for hydroxylation is 2. The van der Waals surface area contributed by atoms with Crippen molar-refractivity contribution in [2.75, 3.05) is 20.1 Å². The van der Waals surface area contributed by atoms with Gasteiger partial charge in [0.05, 0.1) is 0 Å². The largest absolute Gasteiger partial charge is 0.356 e. The van der Waals surface area contributed by atoms with E-state index in [-0.39, 0.29) is 24.0 Å². The molecule has 1 rings (SSSR count). The second-order valence-electron chi connectivity index (χ2n) is 4.04. The normalized spacial score (nSPS) is 10.7. The van der Waals surface area contributed by atoms with Gasteiger partial charge in [-0.3, -0.25) is 4.99 Å². The summed E-state index contributed by atoms with van der Waals surface area (Å²) in [5.41, 5.74) is 0. The van der Waals surface area contributed by atoms with Crippen LogP contribution in [0, 0.1) is 6.92 Å². The molecule has 108 valence electrons. The minimum Gasteiger partial charge on any atom is -0.356 e. The molecule has 0 aliphatic rings. The van der Waals surface area contributed by atoms with E-state index in [2.05, 4.69) is 31.8 Å². The van der Waals surface area contributed by atoms with Gasteiger partial charge in [-0.2, -0.15) is 0 Å². The third kappa shape index (κ3) is 7.19. The molecule has 0 amide bonds. The topological polar surface area (TPSA) is 54.2 Å². The molecule has 0 spiro atoms. The first-order valence-corrected chi connectivity index (χ1v) is 6.31. The fourth-order valence-electron chi connectivity index (χ4n) is 1.64. The number of nitrogens with one attached hydrogen (secondary N) is 2. The smallest absolute Gasteiger partial charge is 0.191 e. The summed E-state index contributed by atoms with van der Waals surface area (Å²) in [5, 5.41) is 6.40. The maximum Gasteiger partial charge on any atom is 0.191 e. The number of imidazole rings is 1. The van der Waals surface area contributed by atoms with Gasteiger partial charge in [0.25, 0.3) is 0 Å². The van der Waals surface area contributed by atoms with Crippen LogP contribution in [0.2, 0.25) is 0 Å². The number of halogens is 1. The summed E-state index contributed by atoms with van der Waals surface area (Å²) in [7, 11) is 1.77. The van der Waals surface area contributed by atoms with Gasteiger partial charge >= 0.3 is 0 Å². The number of aliphatic imine (C=N–C) groups is 1. The highest BCUT2D eigenvalue weighted by Crippen LogP contribution is 1.98. The van der Waals surface area contributed by atoms with E-state index >= 15 is 0 Å². The monoisotopic (exact) mass is 377 g/mol. The second kappa shape index (κ2) is 10.8. The first kappa shape index (κ1) is 17.9. The Balaban J connectivity index is 0.00000324. The number of rotatable bonds is 7. The maximum atomic E-state index is 4.20. The Morgan fingerprint density at radius 3 is 2.84 bits per heavy atom. The van der Waals surface area contributed by atoms with Gasteiger partial charge in [-0.05, 0) is 19.8 Å². The molecule has 2 N–H and O–H groups in total. The summed E-state index contributed by atoms with van der Waals surface area (Å²) in [5.74, 6) is 1.90. The van der Waals surface area contributed by atoms with Crippen LogP contribution in [0.1, 0.15) is 18.7 Å². The zero-order valence-corrected chi connectivity index (χ0v) is 14.1. The number of unbranched alkanes of at least 4 members (excludes halogenated alkanes) is 1. The van der Waals surface area contributed by atoms with Crippen molar-refractivity contribution >= 4 is 29.9 Å². The lowest BCUT2D eigenvalue weighted by molar-refractivity contribution is 0.589. The van der Waals surface area contributed by atoms with Crippen molar-refractivity contribution in [3.8, 4) is 0 Å². The van der Waals surface area contributed by atoms with Gasteiger partial charge in [0.1, 0.15) is 5.82 Å². The molecule has 0 bridgehead atoms. The number of hydrogen-bond acceptors (Lipinski definition) is 2. The number of aromatic nitrogens is 2. The average molecular weight is 377 g/mol. The Morgan fingerprint density at radius 2 is 2.26 bits per heavy atom. The minimum atomic E-state index is 0.